The van der Waals surface area contributed by atoms with Gasteiger partial charge < -0.3 is 9.94 Å². The minimum absolute atomic E-state index is 0.337. The topological polar surface area (TPSA) is 67.6 Å². The maximum absolute atomic E-state index is 8.57. The Morgan fingerprint density at radius 1 is 1.09 bits per heavy atom. The van der Waals surface area contributed by atoms with Gasteiger partial charge >= 0.3 is 0 Å². The van der Waals surface area contributed by atoms with Crippen LogP contribution in [0, 0.1) is 6.92 Å². The van der Waals surface area contributed by atoms with E-state index >= 15 is 0 Å². The average molecular weight is 293 g/mol. The van der Waals surface area contributed by atoms with Crippen LogP contribution in [0.1, 0.15) is 17.0 Å². The molecule has 110 valence electrons. The van der Waals surface area contributed by atoms with Crippen LogP contribution in [0.5, 0.6) is 5.75 Å². The summed E-state index contributed by atoms with van der Waals surface area (Å²) < 4.78 is 5.76. The van der Waals surface area contributed by atoms with Gasteiger partial charge in [-0.2, -0.15) is 0 Å². The minimum Gasteiger partial charge on any atom is -0.487 e. The molecule has 0 fully saturated rings. The van der Waals surface area contributed by atoms with Crippen molar-refractivity contribution in [3.05, 3.63) is 65.5 Å². The lowest BCUT2D eigenvalue weighted by Crippen LogP contribution is -2.03. The van der Waals surface area contributed by atoms with E-state index in [2.05, 4.69) is 15.1 Å². The molecule has 0 atom stereocenters. The highest BCUT2D eigenvalue weighted by atomic mass is 16.5. The molecule has 0 aliphatic carbocycles. The Morgan fingerprint density at radius 3 is 2.64 bits per heavy atom. The van der Waals surface area contributed by atoms with Crippen molar-refractivity contribution in [2.45, 2.75) is 13.5 Å². The third-order valence-electron chi connectivity index (χ3n) is 3.28. The Morgan fingerprint density at radius 2 is 1.86 bits per heavy atom. The quantitative estimate of drug-likeness (QED) is 0.455. The summed E-state index contributed by atoms with van der Waals surface area (Å²) in [5.41, 5.74) is 4.16. The SMILES string of the molecule is Cc1nc2ccccc2nc1COc1cccc(/C=N/O)c1. The minimum atomic E-state index is 0.337. The molecule has 0 amide bonds. The number of para-hydroxylation sites is 2. The number of ether oxygens (including phenoxy) is 1. The van der Waals surface area contributed by atoms with Gasteiger partial charge in [0.2, 0.25) is 0 Å². The van der Waals surface area contributed by atoms with E-state index in [9.17, 15) is 0 Å². The summed E-state index contributed by atoms with van der Waals surface area (Å²) in [5.74, 6) is 0.687. The molecule has 0 aliphatic heterocycles. The highest BCUT2D eigenvalue weighted by Crippen LogP contribution is 2.16. The molecule has 0 saturated carbocycles. The van der Waals surface area contributed by atoms with Crippen molar-refractivity contribution < 1.29 is 9.94 Å². The van der Waals surface area contributed by atoms with Gasteiger partial charge in [-0.25, -0.2) is 9.97 Å². The summed E-state index contributed by atoms with van der Waals surface area (Å²) in [6, 6.07) is 15.1. The Hall–Kier alpha value is -2.95. The van der Waals surface area contributed by atoms with Gasteiger partial charge in [0, 0.05) is 0 Å². The zero-order valence-electron chi connectivity index (χ0n) is 12.1. The summed E-state index contributed by atoms with van der Waals surface area (Å²) >= 11 is 0. The van der Waals surface area contributed by atoms with Crippen LogP contribution < -0.4 is 4.74 Å². The molecule has 5 heteroatoms. The Bertz CT molecular complexity index is 831. The van der Waals surface area contributed by atoms with Crippen molar-refractivity contribution in [1.29, 1.82) is 0 Å². The van der Waals surface area contributed by atoms with Crippen LogP contribution in [-0.4, -0.2) is 21.4 Å². The number of nitrogens with zero attached hydrogens (tertiary/aromatic N) is 3. The number of fused-ring (bicyclic) bond motifs is 1. The zero-order valence-corrected chi connectivity index (χ0v) is 12.1. The van der Waals surface area contributed by atoms with Gasteiger partial charge in [-0.15, -0.1) is 0 Å². The van der Waals surface area contributed by atoms with E-state index in [0.717, 1.165) is 28.0 Å². The largest absolute Gasteiger partial charge is 0.487 e. The molecule has 1 heterocycles. The van der Waals surface area contributed by atoms with Gasteiger partial charge in [0.25, 0.3) is 0 Å². The standard InChI is InChI=1S/C17H15N3O2/c1-12-17(20-16-8-3-2-7-15(16)19-12)11-22-14-6-4-5-13(9-14)10-18-21/h2-10,21H,11H2,1H3/b18-10+. The molecule has 3 aromatic rings. The molecule has 3 rings (SSSR count). The van der Waals surface area contributed by atoms with Crippen molar-refractivity contribution >= 4 is 17.2 Å². The van der Waals surface area contributed by atoms with Gasteiger partial charge in [0.15, 0.2) is 0 Å². The number of hydrogen-bond donors (Lipinski definition) is 1. The molecule has 1 N–H and O–H groups in total. The molecule has 0 aliphatic rings. The predicted octanol–water partition coefficient (Wildman–Crippen LogP) is 3.33. The fourth-order valence-electron chi connectivity index (χ4n) is 2.16. The third-order valence-corrected chi connectivity index (χ3v) is 3.28. The summed E-state index contributed by atoms with van der Waals surface area (Å²) in [6.07, 6.45) is 1.36. The number of hydrogen-bond acceptors (Lipinski definition) is 5. The zero-order chi connectivity index (χ0) is 15.4. The summed E-state index contributed by atoms with van der Waals surface area (Å²) in [5, 5.41) is 11.6. The van der Waals surface area contributed by atoms with Crippen LogP contribution in [0.3, 0.4) is 0 Å². The van der Waals surface area contributed by atoms with Crippen molar-refractivity contribution in [3.63, 3.8) is 0 Å². The summed E-state index contributed by atoms with van der Waals surface area (Å²) in [6.45, 7) is 2.26. The van der Waals surface area contributed by atoms with Gasteiger partial charge in [0.05, 0.1) is 28.6 Å². The van der Waals surface area contributed by atoms with Crippen molar-refractivity contribution in [3.8, 4) is 5.75 Å². The molecule has 5 nitrogen and oxygen atoms in total. The number of oxime groups is 1. The second-order valence-electron chi connectivity index (χ2n) is 4.85. The lowest BCUT2D eigenvalue weighted by Gasteiger charge is -2.09. The molecular weight excluding hydrogens is 278 g/mol. The number of aryl methyl sites for hydroxylation is 1. The van der Waals surface area contributed by atoms with Gasteiger partial charge in [-0.05, 0) is 36.8 Å². The van der Waals surface area contributed by atoms with Gasteiger partial charge in [-0.3, -0.25) is 0 Å². The first kappa shape index (κ1) is 14.0. The lowest BCUT2D eigenvalue weighted by atomic mass is 10.2. The Kier molecular flexibility index (Phi) is 3.96. The van der Waals surface area contributed by atoms with Crippen LogP contribution in [0.4, 0.5) is 0 Å². The molecule has 0 radical (unpaired) electrons. The number of rotatable bonds is 4. The van der Waals surface area contributed by atoms with Crippen molar-refractivity contribution in [2.24, 2.45) is 5.16 Å². The summed E-state index contributed by atoms with van der Waals surface area (Å²) in [7, 11) is 0. The Labute approximate surface area is 127 Å². The smallest absolute Gasteiger partial charge is 0.132 e. The van der Waals surface area contributed by atoms with Crippen molar-refractivity contribution in [2.75, 3.05) is 0 Å². The van der Waals surface area contributed by atoms with Crippen LogP contribution in [-0.2, 0) is 6.61 Å². The maximum Gasteiger partial charge on any atom is 0.132 e. The third kappa shape index (κ3) is 3.03. The van der Waals surface area contributed by atoms with E-state index in [1.807, 2.05) is 49.4 Å². The number of benzene rings is 2. The first-order chi connectivity index (χ1) is 10.8. The van der Waals surface area contributed by atoms with Crippen LogP contribution in [0.2, 0.25) is 0 Å². The Balaban J connectivity index is 1.81. The first-order valence-electron chi connectivity index (χ1n) is 6.89. The molecule has 2 aromatic carbocycles. The van der Waals surface area contributed by atoms with Crippen molar-refractivity contribution in [1.82, 2.24) is 9.97 Å². The van der Waals surface area contributed by atoms with E-state index < -0.39 is 0 Å². The van der Waals surface area contributed by atoms with E-state index in [1.165, 1.54) is 6.21 Å². The predicted molar refractivity (Wildman–Crippen MR) is 84.4 cm³/mol. The monoisotopic (exact) mass is 293 g/mol. The highest BCUT2D eigenvalue weighted by molar-refractivity contribution is 5.79. The van der Waals surface area contributed by atoms with Crippen LogP contribution >= 0.6 is 0 Å². The molecule has 0 saturated heterocycles. The van der Waals surface area contributed by atoms with E-state index in [4.69, 9.17) is 9.94 Å². The van der Waals surface area contributed by atoms with Gasteiger partial charge in [-0.1, -0.05) is 29.4 Å². The molecule has 0 bridgehead atoms. The second kappa shape index (κ2) is 6.22. The molecule has 1 aromatic heterocycles. The van der Waals surface area contributed by atoms with Crippen LogP contribution in [0.15, 0.2) is 53.7 Å². The highest BCUT2D eigenvalue weighted by Gasteiger charge is 2.06. The molecule has 0 unspecified atom stereocenters. The van der Waals surface area contributed by atoms with Crippen LogP contribution in [0.25, 0.3) is 11.0 Å². The number of aromatic nitrogens is 2. The first-order valence-corrected chi connectivity index (χ1v) is 6.89. The molecular formula is C17H15N3O2. The summed E-state index contributed by atoms with van der Waals surface area (Å²) in [4.78, 5) is 9.13. The molecule has 0 spiro atoms. The van der Waals surface area contributed by atoms with E-state index in [1.54, 1.807) is 6.07 Å². The molecule has 22 heavy (non-hydrogen) atoms. The van der Waals surface area contributed by atoms with E-state index in [-0.39, 0.29) is 0 Å². The normalized spacial score (nSPS) is 11.1. The second-order valence-corrected chi connectivity index (χ2v) is 4.85. The van der Waals surface area contributed by atoms with Gasteiger partial charge in [0.1, 0.15) is 12.4 Å². The fraction of sp³-hybridized carbons (Fsp3) is 0.118. The fourth-order valence-corrected chi connectivity index (χ4v) is 2.16. The van der Waals surface area contributed by atoms with E-state index in [0.29, 0.717) is 12.4 Å². The maximum atomic E-state index is 8.57. The lowest BCUT2D eigenvalue weighted by molar-refractivity contribution is 0.300. The average Bonchev–Trinajstić information content (AvgIpc) is 2.53.